The first kappa shape index (κ1) is 37.3. The number of fused-ring (bicyclic) bond motifs is 1. The van der Waals surface area contributed by atoms with Gasteiger partial charge in [0.15, 0.2) is 0 Å². The Morgan fingerprint density at radius 3 is 1.74 bits per heavy atom. The molecule has 0 unspecified atom stereocenters. The Kier molecular flexibility index (Phi) is 12.2. The molecule has 0 fully saturated rings. The molecule has 0 saturated heterocycles. The molecule has 2 heterocycles. The molecule has 0 aliphatic heterocycles. The van der Waals surface area contributed by atoms with Crippen LogP contribution in [0, 0.1) is 12.1 Å². The van der Waals surface area contributed by atoms with Crippen molar-refractivity contribution in [2.75, 3.05) is 0 Å². The number of rotatable bonds is 7. The monoisotopic (exact) mass is 863 g/mol. The first-order valence-corrected chi connectivity index (χ1v) is 18.0. The van der Waals surface area contributed by atoms with Gasteiger partial charge in [0.1, 0.15) is 0 Å². The minimum Gasteiger partial charge on any atom is -0.305 e. The van der Waals surface area contributed by atoms with Crippen molar-refractivity contribution in [3.8, 4) is 55.9 Å². The molecule has 0 amide bonds. The van der Waals surface area contributed by atoms with Crippen LogP contribution in [0.1, 0.15) is 50.7 Å². The second kappa shape index (κ2) is 17.4. The zero-order valence-electron chi connectivity index (χ0n) is 30.5. The van der Waals surface area contributed by atoms with Gasteiger partial charge in [-0.15, -0.1) is 71.3 Å². The predicted molar refractivity (Wildman–Crippen MR) is 219 cm³/mol. The van der Waals surface area contributed by atoms with Gasteiger partial charge < -0.3 is 9.97 Å². The second-order valence-corrected chi connectivity index (χ2v) is 13.7. The van der Waals surface area contributed by atoms with Crippen LogP contribution in [0.3, 0.4) is 0 Å². The molecule has 0 aliphatic rings. The smallest absolute Gasteiger partial charge is 0.0239 e. The van der Waals surface area contributed by atoms with Gasteiger partial charge in [0.2, 0.25) is 0 Å². The van der Waals surface area contributed by atoms with Crippen molar-refractivity contribution in [3.05, 3.63) is 193 Å². The molecule has 0 saturated carbocycles. The van der Waals surface area contributed by atoms with Crippen LogP contribution in [-0.4, -0.2) is 9.97 Å². The van der Waals surface area contributed by atoms with Gasteiger partial charge in [-0.1, -0.05) is 137 Å². The molecule has 3 heteroatoms. The van der Waals surface area contributed by atoms with E-state index < -0.39 is 0 Å². The Hall–Kier alpha value is -5.47. The van der Waals surface area contributed by atoms with E-state index in [9.17, 15) is 0 Å². The zero-order chi connectivity index (χ0) is 35.9. The molecule has 53 heavy (non-hydrogen) atoms. The average molecular weight is 863 g/mol. The van der Waals surface area contributed by atoms with Crippen molar-refractivity contribution < 1.29 is 20.1 Å². The summed E-state index contributed by atoms with van der Waals surface area (Å²) in [7, 11) is 0. The summed E-state index contributed by atoms with van der Waals surface area (Å²) in [5.74, 6) is 0.978. The third-order valence-electron chi connectivity index (χ3n) is 9.44. The third kappa shape index (κ3) is 8.78. The van der Waals surface area contributed by atoms with Gasteiger partial charge in [-0.05, 0) is 79.0 Å². The van der Waals surface area contributed by atoms with E-state index in [1.165, 1.54) is 49.9 Å². The predicted octanol–water partition coefficient (Wildman–Crippen LogP) is 13.5. The van der Waals surface area contributed by atoms with Gasteiger partial charge in [-0.25, -0.2) is 0 Å². The molecular weight excluding hydrogens is 821 g/mol. The minimum absolute atomic E-state index is 0. The number of nitrogens with zero attached hydrogens (tertiary/aromatic N) is 2. The quantitative estimate of drug-likeness (QED) is 0.149. The minimum atomic E-state index is 0. The van der Waals surface area contributed by atoms with E-state index in [2.05, 4.69) is 165 Å². The molecule has 1 radical (unpaired) electrons. The van der Waals surface area contributed by atoms with E-state index in [0.29, 0.717) is 11.8 Å². The zero-order valence-corrected chi connectivity index (χ0v) is 32.9. The van der Waals surface area contributed by atoms with Crippen LogP contribution >= 0.6 is 0 Å². The van der Waals surface area contributed by atoms with Crippen LogP contribution < -0.4 is 0 Å². The topological polar surface area (TPSA) is 25.8 Å². The van der Waals surface area contributed by atoms with Gasteiger partial charge >= 0.3 is 0 Å². The van der Waals surface area contributed by atoms with Crippen LogP contribution in [0.15, 0.2) is 170 Å². The summed E-state index contributed by atoms with van der Waals surface area (Å²) >= 11 is 0. The van der Waals surface area contributed by atoms with Gasteiger partial charge in [-0.2, -0.15) is 0 Å². The molecule has 8 rings (SSSR count). The fourth-order valence-corrected chi connectivity index (χ4v) is 6.68. The Morgan fingerprint density at radius 2 is 1.04 bits per heavy atom. The average Bonchev–Trinajstić information content (AvgIpc) is 3.21. The van der Waals surface area contributed by atoms with E-state index in [1.807, 2.05) is 54.9 Å². The van der Waals surface area contributed by atoms with Crippen molar-refractivity contribution >= 4 is 10.8 Å². The van der Waals surface area contributed by atoms with Crippen LogP contribution in [-0.2, 0) is 20.1 Å². The molecule has 0 bridgehead atoms. The Balaban J connectivity index is 0.000000186. The van der Waals surface area contributed by atoms with Crippen molar-refractivity contribution in [1.29, 1.82) is 0 Å². The first-order valence-electron chi connectivity index (χ1n) is 18.0. The number of aromatic nitrogens is 2. The fraction of sp³-hybridized carbons (Fsp3) is 0.120. The van der Waals surface area contributed by atoms with E-state index in [0.717, 1.165) is 27.9 Å². The molecule has 263 valence electrons. The molecule has 0 N–H and O–H groups in total. The van der Waals surface area contributed by atoms with Crippen LogP contribution in [0.5, 0.6) is 0 Å². The molecule has 0 atom stereocenters. The third-order valence-corrected chi connectivity index (χ3v) is 9.44. The molecule has 2 nitrogen and oxygen atoms in total. The largest absolute Gasteiger partial charge is 0.305 e. The van der Waals surface area contributed by atoms with Crippen molar-refractivity contribution in [1.82, 2.24) is 9.97 Å². The van der Waals surface area contributed by atoms with E-state index in [4.69, 9.17) is 0 Å². The summed E-state index contributed by atoms with van der Waals surface area (Å²) in [6.45, 7) is 9.10. The fourth-order valence-electron chi connectivity index (χ4n) is 6.68. The maximum atomic E-state index is 4.58. The number of pyridine rings is 2. The van der Waals surface area contributed by atoms with Crippen LogP contribution in [0.25, 0.3) is 66.7 Å². The Morgan fingerprint density at radius 1 is 0.434 bits per heavy atom. The molecule has 6 aromatic carbocycles. The molecular formula is C50H42IrN2-2. The van der Waals surface area contributed by atoms with Crippen molar-refractivity contribution in [2.45, 2.75) is 39.5 Å². The maximum absolute atomic E-state index is 4.58. The van der Waals surface area contributed by atoms with Gasteiger partial charge in [-0.3, -0.25) is 0 Å². The first-order chi connectivity index (χ1) is 25.4. The van der Waals surface area contributed by atoms with Gasteiger partial charge in [0.25, 0.3) is 0 Å². The second-order valence-electron chi connectivity index (χ2n) is 13.7. The molecule has 8 aromatic rings. The van der Waals surface area contributed by atoms with Crippen LogP contribution in [0.2, 0.25) is 0 Å². The summed E-state index contributed by atoms with van der Waals surface area (Å²) in [5.41, 5.74) is 14.2. The normalized spacial score (nSPS) is 10.8. The maximum Gasteiger partial charge on any atom is 0.0239 e. The number of hydrogen-bond acceptors (Lipinski definition) is 2. The SMILES string of the molecule is CC(C)c1cccc(C(C)C)c1-c1ccc(-c2ccnc(-c3[c-]cccc3)c2)cc1.[Ir].[c-]1ccc(-c2ccccc2)cc1-c1cc2ccccc2cn1. The van der Waals surface area contributed by atoms with Crippen molar-refractivity contribution in [2.24, 2.45) is 0 Å². The summed E-state index contributed by atoms with van der Waals surface area (Å²) in [4.78, 5) is 9.11. The van der Waals surface area contributed by atoms with E-state index in [-0.39, 0.29) is 20.1 Å². The number of benzene rings is 6. The summed E-state index contributed by atoms with van der Waals surface area (Å²) in [6.07, 6.45) is 3.80. The molecule has 0 spiro atoms. The Labute approximate surface area is 328 Å². The summed E-state index contributed by atoms with van der Waals surface area (Å²) < 4.78 is 0. The van der Waals surface area contributed by atoms with E-state index in [1.54, 1.807) is 0 Å². The summed E-state index contributed by atoms with van der Waals surface area (Å²) in [5, 5.41) is 2.36. The van der Waals surface area contributed by atoms with Crippen molar-refractivity contribution in [3.63, 3.8) is 0 Å². The summed E-state index contributed by atoms with van der Waals surface area (Å²) in [6, 6.07) is 61.4. The standard InChI is InChI=1S/C29H28N.C21H14N.Ir/c1-20(2)26-11-8-12-27(21(3)4)29(26)24-15-13-22(14-16-24)25-17-18-30-28(19-25)23-9-6-5-7-10-23;1-2-7-16(8-3-1)17-11-6-12-19(13-17)21-14-18-9-4-5-10-20(18)15-22-21;/h5-9,11-21H,1-4H3;1-11,13-15H;/q2*-1;. The Bertz CT molecular complexity index is 2370. The molecule has 0 aliphatic carbocycles. The van der Waals surface area contributed by atoms with E-state index >= 15 is 0 Å². The van der Waals surface area contributed by atoms with Gasteiger partial charge in [0.05, 0.1) is 0 Å². The number of hydrogen-bond donors (Lipinski definition) is 0. The molecule has 2 aromatic heterocycles. The van der Waals surface area contributed by atoms with Crippen LogP contribution in [0.4, 0.5) is 0 Å². The van der Waals surface area contributed by atoms with Gasteiger partial charge in [0, 0.05) is 32.5 Å².